The van der Waals surface area contributed by atoms with E-state index in [1.807, 2.05) is 36.4 Å². The molecular formula is C17H17ClN2O2. The van der Waals surface area contributed by atoms with Crippen molar-refractivity contribution in [1.29, 1.82) is 0 Å². The van der Waals surface area contributed by atoms with E-state index in [0.29, 0.717) is 11.4 Å². The van der Waals surface area contributed by atoms with Crippen LogP contribution in [0, 0.1) is 0 Å². The van der Waals surface area contributed by atoms with E-state index in [4.69, 9.17) is 17.3 Å². The number of benzene rings is 2. The highest BCUT2D eigenvalue weighted by atomic mass is 35.5. The average molecular weight is 317 g/mol. The quantitative estimate of drug-likeness (QED) is 0.856. The Labute approximate surface area is 134 Å². The molecule has 0 bridgehead atoms. The molecule has 4 nitrogen and oxygen atoms in total. The first-order chi connectivity index (χ1) is 10.5. The molecule has 3 N–H and O–H groups in total. The van der Waals surface area contributed by atoms with Gasteiger partial charge in [-0.3, -0.25) is 9.59 Å². The van der Waals surface area contributed by atoms with Crippen LogP contribution in [-0.4, -0.2) is 17.9 Å². The molecule has 0 saturated carbocycles. The van der Waals surface area contributed by atoms with Gasteiger partial charge in [-0.1, -0.05) is 54.1 Å². The summed E-state index contributed by atoms with van der Waals surface area (Å²) in [6.07, 6.45) is 0.524. The van der Waals surface area contributed by atoms with E-state index < -0.39 is 11.9 Å². The molecule has 2 aromatic carbocycles. The molecule has 2 aromatic rings. The van der Waals surface area contributed by atoms with E-state index in [0.717, 1.165) is 11.1 Å². The number of primary amides is 1. The molecule has 0 radical (unpaired) electrons. The van der Waals surface area contributed by atoms with Gasteiger partial charge in [0.25, 0.3) is 0 Å². The molecule has 0 saturated heterocycles. The van der Waals surface area contributed by atoms with Gasteiger partial charge in [-0.15, -0.1) is 0 Å². The van der Waals surface area contributed by atoms with Crippen molar-refractivity contribution in [2.45, 2.75) is 18.9 Å². The van der Waals surface area contributed by atoms with Crippen LogP contribution in [0.3, 0.4) is 0 Å². The van der Waals surface area contributed by atoms with E-state index in [9.17, 15) is 9.59 Å². The lowest BCUT2D eigenvalue weighted by atomic mass is 10.0. The molecule has 22 heavy (non-hydrogen) atoms. The highest BCUT2D eigenvalue weighted by Crippen LogP contribution is 2.12. The molecule has 5 heteroatoms. The van der Waals surface area contributed by atoms with Gasteiger partial charge in [0.2, 0.25) is 11.8 Å². The Kier molecular flexibility index (Phi) is 5.55. The van der Waals surface area contributed by atoms with Crippen LogP contribution in [-0.2, 0) is 22.4 Å². The van der Waals surface area contributed by atoms with Gasteiger partial charge in [-0.2, -0.15) is 0 Å². The Morgan fingerprint density at radius 2 is 1.73 bits per heavy atom. The summed E-state index contributed by atoms with van der Waals surface area (Å²) < 4.78 is 0. The fourth-order valence-corrected chi connectivity index (χ4v) is 2.36. The fraction of sp³-hybridized carbons (Fsp3) is 0.176. The van der Waals surface area contributed by atoms with Crippen molar-refractivity contribution in [1.82, 2.24) is 5.32 Å². The van der Waals surface area contributed by atoms with Gasteiger partial charge < -0.3 is 11.1 Å². The van der Waals surface area contributed by atoms with Crippen molar-refractivity contribution in [3.05, 3.63) is 70.7 Å². The maximum Gasteiger partial charge on any atom is 0.240 e. The molecule has 2 amide bonds. The van der Waals surface area contributed by atoms with Crippen molar-refractivity contribution < 1.29 is 9.59 Å². The molecular weight excluding hydrogens is 300 g/mol. The lowest BCUT2D eigenvalue weighted by Gasteiger charge is -2.16. The Bertz CT molecular complexity index is 659. The Morgan fingerprint density at radius 1 is 1.05 bits per heavy atom. The summed E-state index contributed by atoms with van der Waals surface area (Å²) in [5.41, 5.74) is 7.10. The summed E-state index contributed by atoms with van der Waals surface area (Å²) in [5.74, 6) is -0.807. The first-order valence-electron chi connectivity index (χ1n) is 6.91. The second kappa shape index (κ2) is 7.61. The van der Waals surface area contributed by atoms with Crippen molar-refractivity contribution in [3.63, 3.8) is 0 Å². The predicted molar refractivity (Wildman–Crippen MR) is 86.4 cm³/mol. The van der Waals surface area contributed by atoms with Crippen LogP contribution in [0.4, 0.5) is 0 Å². The third-order valence-corrected chi connectivity index (χ3v) is 3.45. The molecule has 0 aliphatic heterocycles. The fourth-order valence-electron chi connectivity index (χ4n) is 2.15. The number of hydrogen-bond donors (Lipinski definition) is 2. The summed E-state index contributed by atoms with van der Waals surface area (Å²) in [6, 6.07) is 15.7. The number of carbonyl (C=O) groups is 2. The third kappa shape index (κ3) is 4.90. The van der Waals surface area contributed by atoms with Crippen LogP contribution >= 0.6 is 11.6 Å². The summed E-state index contributed by atoms with van der Waals surface area (Å²) in [7, 11) is 0. The minimum Gasteiger partial charge on any atom is -0.368 e. The molecule has 0 aliphatic rings. The lowest BCUT2D eigenvalue weighted by molar-refractivity contribution is -0.127. The van der Waals surface area contributed by atoms with Crippen LogP contribution in [0.1, 0.15) is 11.1 Å². The van der Waals surface area contributed by atoms with E-state index in [2.05, 4.69) is 5.32 Å². The van der Waals surface area contributed by atoms with E-state index >= 15 is 0 Å². The minimum atomic E-state index is -0.755. The van der Waals surface area contributed by atoms with Crippen LogP contribution < -0.4 is 11.1 Å². The number of carbonyl (C=O) groups excluding carboxylic acids is 2. The zero-order valence-electron chi connectivity index (χ0n) is 12.0. The average Bonchev–Trinajstić information content (AvgIpc) is 2.47. The van der Waals surface area contributed by atoms with Gasteiger partial charge in [0.1, 0.15) is 6.04 Å². The molecule has 1 atom stereocenters. The van der Waals surface area contributed by atoms with Gasteiger partial charge in [0.15, 0.2) is 0 Å². The van der Waals surface area contributed by atoms with Gasteiger partial charge >= 0.3 is 0 Å². The summed E-state index contributed by atoms with van der Waals surface area (Å²) in [4.78, 5) is 23.6. The maximum atomic E-state index is 12.0. The zero-order chi connectivity index (χ0) is 15.9. The monoisotopic (exact) mass is 316 g/mol. The SMILES string of the molecule is NC(=O)[C@@H](Cc1cccc(Cl)c1)NC(=O)Cc1ccccc1. The molecule has 0 fully saturated rings. The second-order valence-corrected chi connectivity index (χ2v) is 5.46. The normalized spacial score (nSPS) is 11.7. The molecule has 0 aromatic heterocycles. The maximum absolute atomic E-state index is 12.0. The predicted octanol–water partition coefficient (Wildman–Crippen LogP) is 2.10. The Morgan fingerprint density at radius 3 is 2.36 bits per heavy atom. The van der Waals surface area contributed by atoms with Gasteiger partial charge in [0, 0.05) is 11.4 Å². The summed E-state index contributed by atoms with van der Waals surface area (Å²) >= 11 is 5.92. The van der Waals surface area contributed by atoms with Crippen LogP contribution in [0.15, 0.2) is 54.6 Å². The molecule has 0 spiro atoms. The summed E-state index contributed by atoms with van der Waals surface area (Å²) in [5, 5.41) is 3.26. The number of halogens is 1. The van der Waals surface area contributed by atoms with Crippen LogP contribution in [0.25, 0.3) is 0 Å². The zero-order valence-corrected chi connectivity index (χ0v) is 12.7. The Balaban J connectivity index is 1.99. The lowest BCUT2D eigenvalue weighted by Crippen LogP contribution is -2.46. The Hall–Kier alpha value is -2.33. The highest BCUT2D eigenvalue weighted by Gasteiger charge is 2.18. The van der Waals surface area contributed by atoms with Gasteiger partial charge in [-0.05, 0) is 23.3 Å². The summed E-state index contributed by atoms with van der Waals surface area (Å²) in [6.45, 7) is 0. The number of hydrogen-bond acceptors (Lipinski definition) is 2. The number of amides is 2. The van der Waals surface area contributed by atoms with E-state index in [1.165, 1.54) is 0 Å². The molecule has 0 unspecified atom stereocenters. The standard InChI is InChI=1S/C17H17ClN2O2/c18-14-8-4-7-13(9-14)10-15(17(19)22)20-16(21)11-12-5-2-1-3-6-12/h1-9,15H,10-11H2,(H2,19,22)(H,20,21)/t15-/m1/s1. The number of rotatable bonds is 6. The van der Waals surface area contributed by atoms with Crippen LogP contribution in [0.5, 0.6) is 0 Å². The molecule has 2 rings (SSSR count). The molecule has 0 aliphatic carbocycles. The molecule has 114 valence electrons. The third-order valence-electron chi connectivity index (χ3n) is 3.22. The minimum absolute atomic E-state index is 0.208. The van der Waals surface area contributed by atoms with Gasteiger partial charge in [-0.25, -0.2) is 0 Å². The van der Waals surface area contributed by atoms with Crippen LogP contribution in [0.2, 0.25) is 5.02 Å². The number of nitrogens with one attached hydrogen (secondary N) is 1. The van der Waals surface area contributed by atoms with Gasteiger partial charge in [0.05, 0.1) is 6.42 Å². The van der Waals surface area contributed by atoms with E-state index in [1.54, 1.807) is 18.2 Å². The van der Waals surface area contributed by atoms with E-state index in [-0.39, 0.29) is 12.3 Å². The van der Waals surface area contributed by atoms with Crippen molar-refractivity contribution >= 4 is 23.4 Å². The first kappa shape index (κ1) is 16.0. The topological polar surface area (TPSA) is 72.2 Å². The largest absolute Gasteiger partial charge is 0.368 e. The molecule has 0 heterocycles. The second-order valence-electron chi connectivity index (χ2n) is 5.02. The highest BCUT2D eigenvalue weighted by molar-refractivity contribution is 6.30. The van der Waals surface area contributed by atoms with Crippen molar-refractivity contribution in [2.24, 2.45) is 5.73 Å². The number of nitrogens with two attached hydrogens (primary N) is 1. The smallest absolute Gasteiger partial charge is 0.240 e. The first-order valence-corrected chi connectivity index (χ1v) is 7.29. The van der Waals surface area contributed by atoms with Crippen molar-refractivity contribution in [3.8, 4) is 0 Å². The van der Waals surface area contributed by atoms with Crippen molar-refractivity contribution in [2.75, 3.05) is 0 Å².